The minimum absolute atomic E-state index is 0.277. The van der Waals surface area contributed by atoms with Gasteiger partial charge in [0.15, 0.2) is 11.5 Å². The quantitative estimate of drug-likeness (QED) is 0.117. The Labute approximate surface area is 205 Å². The van der Waals surface area contributed by atoms with E-state index >= 15 is 0 Å². The molecule has 5 nitrogen and oxygen atoms in total. The Hall–Kier alpha value is -4.42. The molecule has 0 saturated heterocycles. The number of phenols is 4. The van der Waals surface area contributed by atoms with Gasteiger partial charge in [0.1, 0.15) is 0 Å². The van der Waals surface area contributed by atoms with Crippen molar-refractivity contribution in [2.24, 2.45) is 0 Å². The first kappa shape index (κ1) is 22.4. The van der Waals surface area contributed by atoms with Crippen molar-refractivity contribution in [1.29, 1.82) is 0 Å². The van der Waals surface area contributed by atoms with Crippen LogP contribution in [0.2, 0.25) is 0 Å². The van der Waals surface area contributed by atoms with E-state index in [9.17, 15) is 20.4 Å². The second-order valence-corrected chi connectivity index (χ2v) is 9.06. The van der Waals surface area contributed by atoms with Crippen LogP contribution in [0, 0.1) is 0 Å². The minimum Gasteiger partial charge on any atom is -0.504 e. The maximum atomic E-state index is 10.9. The van der Waals surface area contributed by atoms with E-state index in [0.29, 0.717) is 5.39 Å². The molecule has 0 saturated carbocycles. The SMILES string of the molecule is C=C/C=C(\C=C/C)n1c(C=C)c(C=C)c2c3ccccc3c3c(sc4c(O)c(O)c(O)c(O)c43)c21. The van der Waals surface area contributed by atoms with E-state index in [4.69, 9.17) is 0 Å². The summed E-state index contributed by atoms with van der Waals surface area (Å²) in [6.45, 7) is 13.9. The Morgan fingerprint density at radius 3 is 2.09 bits per heavy atom. The van der Waals surface area contributed by atoms with E-state index < -0.39 is 23.0 Å². The maximum Gasteiger partial charge on any atom is 0.205 e. The molecule has 5 rings (SSSR count). The number of phenolic OH excluding ortho intramolecular Hbond substituents is 4. The van der Waals surface area contributed by atoms with E-state index in [2.05, 4.69) is 24.3 Å². The molecule has 35 heavy (non-hydrogen) atoms. The number of benzene rings is 3. The van der Waals surface area contributed by atoms with E-state index in [1.54, 1.807) is 18.2 Å². The predicted octanol–water partition coefficient (Wildman–Crippen LogP) is 7.87. The van der Waals surface area contributed by atoms with Crippen molar-refractivity contribution in [1.82, 2.24) is 4.57 Å². The van der Waals surface area contributed by atoms with Gasteiger partial charge in [-0.2, -0.15) is 0 Å². The fourth-order valence-corrected chi connectivity index (χ4v) is 6.19. The molecule has 0 unspecified atom stereocenters. The van der Waals surface area contributed by atoms with Crippen molar-refractivity contribution in [3.05, 3.63) is 79.6 Å². The Morgan fingerprint density at radius 1 is 0.829 bits per heavy atom. The first-order valence-electron chi connectivity index (χ1n) is 10.9. The molecule has 0 aliphatic rings. The average Bonchev–Trinajstić information content (AvgIpc) is 3.42. The molecule has 0 radical (unpaired) electrons. The first-order chi connectivity index (χ1) is 16.9. The van der Waals surface area contributed by atoms with Gasteiger partial charge in [-0.1, -0.05) is 62.2 Å². The number of hydrogen-bond donors (Lipinski definition) is 4. The van der Waals surface area contributed by atoms with Gasteiger partial charge < -0.3 is 25.0 Å². The molecule has 174 valence electrons. The largest absolute Gasteiger partial charge is 0.504 e. The summed E-state index contributed by atoms with van der Waals surface area (Å²) in [5, 5.41) is 45.8. The molecule has 0 spiro atoms. The van der Waals surface area contributed by atoms with Crippen molar-refractivity contribution in [2.75, 3.05) is 0 Å². The van der Waals surface area contributed by atoms with E-state index in [1.807, 2.05) is 49.4 Å². The van der Waals surface area contributed by atoms with Crippen LogP contribution < -0.4 is 0 Å². The van der Waals surface area contributed by atoms with Gasteiger partial charge in [-0.25, -0.2) is 0 Å². The summed E-state index contributed by atoms with van der Waals surface area (Å²) in [5.74, 6) is -2.46. The number of nitrogens with zero attached hydrogens (tertiary/aromatic N) is 1. The number of aromatic hydroxyl groups is 4. The van der Waals surface area contributed by atoms with Crippen LogP contribution in [-0.2, 0) is 0 Å². The highest BCUT2D eigenvalue weighted by Crippen LogP contribution is 2.57. The Morgan fingerprint density at radius 2 is 1.49 bits per heavy atom. The number of hydrogen-bond acceptors (Lipinski definition) is 5. The zero-order valence-corrected chi connectivity index (χ0v) is 19.9. The third-order valence-corrected chi connectivity index (χ3v) is 7.45. The average molecular weight is 482 g/mol. The summed E-state index contributed by atoms with van der Waals surface area (Å²) in [5.41, 5.74) is 3.39. The standard InChI is InChI=1S/C29H23NO4S/c1-5-11-15(12-6-2)30-19(8-4)16(7-3)20-17-13-9-10-14-18(17)21-22-24(31)25(32)26(33)27(34)29(22)35-28(21)23(20)30/h5-14,31-34H,1,3-4H2,2H3/b12-6-,15-11+. The van der Waals surface area contributed by atoms with Crippen LogP contribution in [0.15, 0.2) is 68.3 Å². The molecule has 0 aliphatic heterocycles. The number of fused-ring (bicyclic) bond motifs is 8. The van der Waals surface area contributed by atoms with Gasteiger partial charge in [-0.15, -0.1) is 11.3 Å². The van der Waals surface area contributed by atoms with Crippen LogP contribution in [0.5, 0.6) is 23.0 Å². The van der Waals surface area contributed by atoms with E-state index in [0.717, 1.165) is 43.3 Å². The third-order valence-electron chi connectivity index (χ3n) is 6.24. The smallest absolute Gasteiger partial charge is 0.205 e. The second kappa shape index (κ2) is 8.11. The number of rotatable bonds is 5. The first-order valence-corrected chi connectivity index (χ1v) is 11.7. The van der Waals surface area contributed by atoms with Crippen molar-refractivity contribution in [3.8, 4) is 23.0 Å². The Kier molecular flexibility index (Phi) is 5.19. The van der Waals surface area contributed by atoms with Crippen LogP contribution in [0.25, 0.3) is 59.7 Å². The number of aromatic nitrogens is 1. The molecule has 3 aromatic carbocycles. The van der Waals surface area contributed by atoms with Crippen LogP contribution in [0.1, 0.15) is 18.2 Å². The monoisotopic (exact) mass is 481 g/mol. The Balaban J connectivity index is 2.24. The highest BCUT2D eigenvalue weighted by molar-refractivity contribution is 7.27. The van der Waals surface area contributed by atoms with Crippen molar-refractivity contribution < 1.29 is 20.4 Å². The molecule has 2 heterocycles. The van der Waals surface area contributed by atoms with Crippen molar-refractivity contribution in [3.63, 3.8) is 0 Å². The topological polar surface area (TPSA) is 85.9 Å². The lowest BCUT2D eigenvalue weighted by atomic mass is 9.97. The van der Waals surface area contributed by atoms with Gasteiger partial charge in [-0.05, 0) is 35.9 Å². The molecule has 0 bridgehead atoms. The normalized spacial score (nSPS) is 12.4. The summed E-state index contributed by atoms with van der Waals surface area (Å²) in [6, 6.07) is 7.77. The van der Waals surface area contributed by atoms with Gasteiger partial charge in [0.05, 0.1) is 26.0 Å². The summed E-state index contributed by atoms with van der Waals surface area (Å²) >= 11 is 1.23. The van der Waals surface area contributed by atoms with Crippen LogP contribution in [0.3, 0.4) is 0 Å². The van der Waals surface area contributed by atoms with Gasteiger partial charge >= 0.3 is 0 Å². The number of thiophene rings is 1. The highest BCUT2D eigenvalue weighted by atomic mass is 32.1. The fraction of sp³-hybridized carbons (Fsp3) is 0.0345. The summed E-state index contributed by atoms with van der Waals surface area (Å²) in [7, 11) is 0. The second-order valence-electron chi connectivity index (χ2n) is 8.04. The molecule has 0 fully saturated rings. The third kappa shape index (κ3) is 2.87. The maximum absolute atomic E-state index is 10.9. The summed E-state index contributed by atoms with van der Waals surface area (Å²) in [6.07, 6.45) is 11.1. The molecule has 4 N–H and O–H groups in total. The van der Waals surface area contributed by atoms with Crippen LogP contribution >= 0.6 is 11.3 Å². The lowest BCUT2D eigenvalue weighted by Gasteiger charge is -2.12. The lowest BCUT2D eigenvalue weighted by Crippen LogP contribution is -1.98. The zero-order valence-electron chi connectivity index (χ0n) is 19.0. The zero-order chi connectivity index (χ0) is 25.0. The summed E-state index contributed by atoms with van der Waals surface area (Å²) < 4.78 is 3.10. The molecule has 0 atom stereocenters. The molecular weight excluding hydrogens is 458 g/mol. The highest BCUT2D eigenvalue weighted by Gasteiger charge is 2.28. The van der Waals surface area contributed by atoms with Gasteiger partial charge in [0.2, 0.25) is 11.5 Å². The Bertz CT molecular complexity index is 1800. The van der Waals surface area contributed by atoms with E-state index in [1.165, 1.54) is 11.3 Å². The van der Waals surface area contributed by atoms with Crippen LogP contribution in [0.4, 0.5) is 0 Å². The van der Waals surface area contributed by atoms with Gasteiger partial charge in [0.25, 0.3) is 0 Å². The molecule has 0 aliphatic carbocycles. The van der Waals surface area contributed by atoms with Crippen molar-refractivity contribution in [2.45, 2.75) is 6.92 Å². The van der Waals surface area contributed by atoms with E-state index in [-0.39, 0.29) is 10.1 Å². The summed E-state index contributed by atoms with van der Waals surface area (Å²) in [4.78, 5) is 0. The molecule has 0 amide bonds. The van der Waals surface area contributed by atoms with Gasteiger partial charge in [0, 0.05) is 22.0 Å². The minimum atomic E-state index is -0.756. The molecule has 5 aromatic rings. The fourth-order valence-electron chi connectivity index (χ4n) is 4.89. The van der Waals surface area contributed by atoms with Crippen molar-refractivity contribution >= 4 is 71.0 Å². The molecular formula is C29H23NO4S. The number of allylic oxidation sites excluding steroid dienone is 5. The van der Waals surface area contributed by atoms with Gasteiger partial charge in [-0.3, -0.25) is 0 Å². The molecule has 6 heteroatoms. The van der Waals surface area contributed by atoms with Crippen LogP contribution in [-0.4, -0.2) is 25.0 Å². The molecule has 2 aromatic heterocycles. The lowest BCUT2D eigenvalue weighted by molar-refractivity contribution is 0.351. The predicted molar refractivity (Wildman–Crippen MR) is 148 cm³/mol.